The molecule has 0 spiro atoms. The Morgan fingerprint density at radius 3 is 3.00 bits per heavy atom. The molecule has 3 rings (SSSR count). The molecule has 0 aliphatic carbocycles. The quantitative estimate of drug-likeness (QED) is 0.862. The number of nitrogens with zero attached hydrogens (tertiary/aromatic N) is 1. The number of hydrogen-bond acceptors (Lipinski definition) is 2. The van der Waals surface area contributed by atoms with Crippen molar-refractivity contribution in [3.8, 4) is 0 Å². The highest BCUT2D eigenvalue weighted by Gasteiger charge is 2.44. The molecule has 2 aliphatic heterocycles. The van der Waals surface area contributed by atoms with Crippen molar-refractivity contribution in [1.82, 2.24) is 10.2 Å². The Balaban J connectivity index is 1.93. The largest absolute Gasteiger partial charge is 0.331 e. The molecule has 4 heteroatoms. The predicted molar refractivity (Wildman–Crippen MR) is 79.3 cm³/mol. The van der Waals surface area contributed by atoms with Gasteiger partial charge < -0.3 is 10.2 Å². The topological polar surface area (TPSA) is 32.3 Å². The van der Waals surface area contributed by atoms with Crippen molar-refractivity contribution in [3.63, 3.8) is 0 Å². The van der Waals surface area contributed by atoms with E-state index in [4.69, 9.17) is 0 Å². The molecule has 1 amide bonds. The molecule has 3 unspecified atom stereocenters. The van der Waals surface area contributed by atoms with Crippen LogP contribution in [0.5, 0.6) is 0 Å². The minimum atomic E-state index is 0.166. The molecule has 2 fully saturated rings. The van der Waals surface area contributed by atoms with Crippen molar-refractivity contribution in [2.45, 2.75) is 32.4 Å². The number of carbonyl (C=O) groups is 1. The van der Waals surface area contributed by atoms with Crippen LogP contribution in [0.4, 0.5) is 0 Å². The third-order valence-electron chi connectivity index (χ3n) is 4.37. The van der Waals surface area contributed by atoms with Gasteiger partial charge in [0, 0.05) is 29.6 Å². The zero-order valence-corrected chi connectivity index (χ0v) is 12.9. The molecule has 2 heterocycles. The Kier molecular flexibility index (Phi) is 3.39. The zero-order chi connectivity index (χ0) is 13.6. The van der Waals surface area contributed by atoms with Gasteiger partial charge in [0.15, 0.2) is 0 Å². The fourth-order valence-corrected chi connectivity index (χ4v) is 3.87. The van der Waals surface area contributed by atoms with E-state index in [2.05, 4.69) is 33.1 Å². The maximum atomic E-state index is 12.8. The summed E-state index contributed by atoms with van der Waals surface area (Å²) in [7, 11) is 0. The second kappa shape index (κ2) is 4.91. The number of nitrogens with one attached hydrogen (secondary N) is 1. The highest BCUT2D eigenvalue weighted by atomic mass is 79.9. The van der Waals surface area contributed by atoms with Gasteiger partial charge in [0.05, 0.1) is 5.56 Å². The number of amides is 1. The van der Waals surface area contributed by atoms with Crippen molar-refractivity contribution in [1.29, 1.82) is 0 Å². The van der Waals surface area contributed by atoms with Crippen LogP contribution in [0.15, 0.2) is 22.7 Å². The van der Waals surface area contributed by atoms with Gasteiger partial charge in [0.2, 0.25) is 0 Å². The Morgan fingerprint density at radius 1 is 1.42 bits per heavy atom. The lowest BCUT2D eigenvalue weighted by molar-refractivity contribution is 0.0681. The van der Waals surface area contributed by atoms with Gasteiger partial charge >= 0.3 is 0 Å². The molecule has 3 atom stereocenters. The normalized spacial score (nSPS) is 29.6. The maximum absolute atomic E-state index is 12.8. The number of carbonyl (C=O) groups excluding carboxylic acids is 1. The number of likely N-dealkylation sites (tertiary alicyclic amines) is 1. The van der Waals surface area contributed by atoms with Gasteiger partial charge in [-0.05, 0) is 54.2 Å². The molecule has 2 saturated heterocycles. The molecular formula is C15H19BrN2O. The van der Waals surface area contributed by atoms with Crippen LogP contribution in [0.3, 0.4) is 0 Å². The minimum Gasteiger partial charge on any atom is -0.331 e. The number of halogens is 1. The highest BCUT2D eigenvalue weighted by Crippen LogP contribution is 2.34. The second-order valence-electron chi connectivity index (χ2n) is 5.77. The second-order valence-corrected chi connectivity index (χ2v) is 6.62. The average molecular weight is 323 g/mol. The number of fused-ring (bicyclic) bond motifs is 1. The summed E-state index contributed by atoms with van der Waals surface area (Å²) in [5, 5.41) is 3.40. The van der Waals surface area contributed by atoms with Crippen LogP contribution in [0.2, 0.25) is 0 Å². The average Bonchev–Trinajstić information content (AvgIpc) is 2.91. The first-order chi connectivity index (χ1) is 9.08. The molecule has 1 N–H and O–H groups in total. The van der Waals surface area contributed by atoms with E-state index in [1.807, 2.05) is 25.1 Å². The summed E-state index contributed by atoms with van der Waals surface area (Å²) in [5.74, 6) is 0.793. The standard InChI is InChI=1S/C15H19BrN2O/c1-9-3-4-13(16)12(5-9)15(19)18-10(2)6-11-7-17-8-14(11)18/h3-5,10-11,14,17H,6-8H2,1-2H3. The lowest BCUT2D eigenvalue weighted by Gasteiger charge is -2.28. The molecule has 0 bridgehead atoms. The molecular weight excluding hydrogens is 304 g/mol. The van der Waals surface area contributed by atoms with Crippen LogP contribution in [0, 0.1) is 12.8 Å². The van der Waals surface area contributed by atoms with Gasteiger partial charge in [-0.25, -0.2) is 0 Å². The van der Waals surface area contributed by atoms with Gasteiger partial charge in [0.1, 0.15) is 0 Å². The fraction of sp³-hybridized carbons (Fsp3) is 0.533. The third kappa shape index (κ3) is 2.21. The Labute approximate surface area is 122 Å². The molecule has 1 aromatic rings. The SMILES string of the molecule is Cc1ccc(Br)c(C(=O)N2C(C)CC3CNCC32)c1. The lowest BCUT2D eigenvalue weighted by atomic mass is 10.0. The molecule has 19 heavy (non-hydrogen) atoms. The van der Waals surface area contributed by atoms with E-state index in [1.54, 1.807) is 0 Å². The van der Waals surface area contributed by atoms with Crippen LogP contribution < -0.4 is 5.32 Å². The van der Waals surface area contributed by atoms with Crippen LogP contribution in [0.1, 0.15) is 29.3 Å². The van der Waals surface area contributed by atoms with Crippen LogP contribution >= 0.6 is 15.9 Å². The Morgan fingerprint density at radius 2 is 2.21 bits per heavy atom. The smallest absolute Gasteiger partial charge is 0.255 e. The summed E-state index contributed by atoms with van der Waals surface area (Å²) in [4.78, 5) is 14.9. The Bertz CT molecular complexity index is 517. The zero-order valence-electron chi connectivity index (χ0n) is 11.3. The van der Waals surface area contributed by atoms with Crippen molar-refractivity contribution in [2.75, 3.05) is 13.1 Å². The lowest BCUT2D eigenvalue weighted by Crippen LogP contribution is -2.42. The van der Waals surface area contributed by atoms with E-state index < -0.39 is 0 Å². The van der Waals surface area contributed by atoms with Crippen LogP contribution in [0.25, 0.3) is 0 Å². The summed E-state index contributed by atoms with van der Waals surface area (Å²) in [6.45, 7) is 6.18. The number of hydrogen-bond donors (Lipinski definition) is 1. The first-order valence-corrected chi connectivity index (χ1v) is 7.66. The minimum absolute atomic E-state index is 0.166. The first-order valence-electron chi connectivity index (χ1n) is 6.87. The van der Waals surface area contributed by atoms with Crippen molar-refractivity contribution in [2.24, 2.45) is 5.92 Å². The number of benzene rings is 1. The maximum Gasteiger partial charge on any atom is 0.255 e. The number of rotatable bonds is 1. The first kappa shape index (κ1) is 13.1. The van der Waals surface area contributed by atoms with Crippen molar-refractivity contribution < 1.29 is 4.79 Å². The van der Waals surface area contributed by atoms with Gasteiger partial charge in [-0.1, -0.05) is 11.6 Å². The third-order valence-corrected chi connectivity index (χ3v) is 5.06. The molecule has 0 saturated carbocycles. The van der Waals surface area contributed by atoms with E-state index in [0.717, 1.165) is 35.1 Å². The highest BCUT2D eigenvalue weighted by molar-refractivity contribution is 9.10. The molecule has 1 aromatic carbocycles. The van der Waals surface area contributed by atoms with E-state index in [1.165, 1.54) is 0 Å². The van der Waals surface area contributed by atoms with Gasteiger partial charge in [-0.15, -0.1) is 0 Å². The summed E-state index contributed by atoms with van der Waals surface area (Å²) in [6, 6.07) is 6.68. The fourth-order valence-electron chi connectivity index (χ4n) is 3.46. The summed E-state index contributed by atoms with van der Waals surface area (Å²) < 4.78 is 0.893. The van der Waals surface area contributed by atoms with Crippen molar-refractivity contribution >= 4 is 21.8 Å². The van der Waals surface area contributed by atoms with E-state index in [0.29, 0.717) is 18.0 Å². The van der Waals surface area contributed by atoms with Crippen LogP contribution in [-0.4, -0.2) is 36.0 Å². The van der Waals surface area contributed by atoms with Gasteiger partial charge in [-0.2, -0.15) is 0 Å². The number of aryl methyl sites for hydroxylation is 1. The summed E-state index contributed by atoms with van der Waals surface area (Å²) in [6.07, 6.45) is 1.12. The van der Waals surface area contributed by atoms with Gasteiger partial charge in [-0.3, -0.25) is 4.79 Å². The van der Waals surface area contributed by atoms with Crippen LogP contribution in [-0.2, 0) is 0 Å². The van der Waals surface area contributed by atoms with Crippen molar-refractivity contribution in [3.05, 3.63) is 33.8 Å². The molecule has 102 valence electrons. The van der Waals surface area contributed by atoms with E-state index in [-0.39, 0.29) is 5.91 Å². The molecule has 3 nitrogen and oxygen atoms in total. The predicted octanol–water partition coefficient (Wildman–Crippen LogP) is 2.58. The van der Waals surface area contributed by atoms with Gasteiger partial charge in [0.25, 0.3) is 5.91 Å². The Hall–Kier alpha value is -0.870. The van der Waals surface area contributed by atoms with E-state index in [9.17, 15) is 4.79 Å². The molecule has 0 aromatic heterocycles. The molecule has 2 aliphatic rings. The summed E-state index contributed by atoms with van der Waals surface area (Å²) in [5.41, 5.74) is 1.92. The molecule has 0 radical (unpaired) electrons. The monoisotopic (exact) mass is 322 g/mol. The summed E-state index contributed by atoms with van der Waals surface area (Å²) >= 11 is 3.51. The van der Waals surface area contributed by atoms with E-state index >= 15 is 0 Å².